The summed E-state index contributed by atoms with van der Waals surface area (Å²) >= 11 is 18.7. The third-order valence-electron chi connectivity index (χ3n) is 4.90. The number of nitrogens with one attached hydrogen (secondary N) is 1. The summed E-state index contributed by atoms with van der Waals surface area (Å²) in [5.41, 5.74) is 2.81. The zero-order valence-electron chi connectivity index (χ0n) is 17.9. The summed E-state index contributed by atoms with van der Waals surface area (Å²) < 4.78 is 6.18. The highest BCUT2D eigenvalue weighted by Gasteiger charge is 2.33. The van der Waals surface area contributed by atoms with Gasteiger partial charge in [0.05, 0.1) is 10.6 Å². The molecule has 0 spiro atoms. The third kappa shape index (κ3) is 5.62. The average Bonchev–Trinajstić information content (AvgIpc) is 3.09. The molecule has 34 heavy (non-hydrogen) atoms. The van der Waals surface area contributed by atoms with Gasteiger partial charge in [-0.2, -0.15) is 0 Å². The summed E-state index contributed by atoms with van der Waals surface area (Å²) in [5, 5.41) is 3.90. The molecule has 4 rings (SSSR count). The van der Waals surface area contributed by atoms with Gasteiger partial charge in [0.2, 0.25) is 0 Å². The summed E-state index contributed by atoms with van der Waals surface area (Å²) in [6.45, 7) is 1.68. The van der Waals surface area contributed by atoms with Crippen LogP contribution in [0.25, 0.3) is 6.08 Å². The minimum Gasteiger partial charge on any atom is -0.483 e. The smallest absolute Gasteiger partial charge is 0.270 e. The molecule has 0 atom stereocenters. The summed E-state index contributed by atoms with van der Waals surface area (Å²) in [4.78, 5) is 27.3. The monoisotopic (exact) mass is 528 g/mol. The normalized spacial score (nSPS) is 14.6. The second kappa shape index (κ2) is 10.6. The molecule has 3 aromatic rings. The predicted molar refractivity (Wildman–Crippen MR) is 144 cm³/mol. The van der Waals surface area contributed by atoms with E-state index in [0.29, 0.717) is 42.0 Å². The Balaban J connectivity index is 1.47. The lowest BCUT2D eigenvalue weighted by atomic mass is 10.2. The topological polar surface area (TPSA) is 58.6 Å². The Morgan fingerprint density at radius 2 is 1.85 bits per heavy atom. The maximum absolute atomic E-state index is 13.0. The van der Waals surface area contributed by atoms with Crippen LogP contribution in [0.15, 0.2) is 71.6 Å². The fraction of sp³-hybridized carbons (Fsp3) is 0.0800. The van der Waals surface area contributed by atoms with Crippen molar-refractivity contribution in [2.75, 3.05) is 16.8 Å². The van der Waals surface area contributed by atoms with Gasteiger partial charge >= 0.3 is 0 Å². The van der Waals surface area contributed by atoms with Crippen LogP contribution in [-0.4, -0.2) is 22.7 Å². The van der Waals surface area contributed by atoms with E-state index >= 15 is 0 Å². The molecule has 1 N–H and O–H groups in total. The van der Waals surface area contributed by atoms with E-state index in [1.165, 1.54) is 16.7 Å². The Morgan fingerprint density at radius 3 is 2.59 bits per heavy atom. The number of carbonyl (C=O) groups is 2. The number of para-hydroxylation sites is 1. The molecule has 0 aromatic heterocycles. The largest absolute Gasteiger partial charge is 0.483 e. The van der Waals surface area contributed by atoms with E-state index in [4.69, 9.17) is 40.2 Å². The molecule has 1 aliphatic rings. The molecule has 2 amide bonds. The molecular formula is C25H18Cl2N2O3S2. The lowest BCUT2D eigenvalue weighted by Gasteiger charge is -2.14. The van der Waals surface area contributed by atoms with E-state index in [1.807, 2.05) is 25.1 Å². The molecule has 1 fully saturated rings. The number of anilines is 2. The highest BCUT2D eigenvalue weighted by molar-refractivity contribution is 8.27. The number of halogens is 2. The van der Waals surface area contributed by atoms with E-state index in [1.54, 1.807) is 54.6 Å². The van der Waals surface area contributed by atoms with Crippen LogP contribution in [0.4, 0.5) is 11.4 Å². The number of hydrogen-bond donors (Lipinski definition) is 1. The van der Waals surface area contributed by atoms with Crippen LogP contribution < -0.4 is 15.0 Å². The lowest BCUT2D eigenvalue weighted by molar-refractivity contribution is -0.118. The van der Waals surface area contributed by atoms with Crippen LogP contribution in [0, 0.1) is 6.92 Å². The maximum Gasteiger partial charge on any atom is 0.270 e. The Hall–Kier alpha value is -2.84. The molecule has 0 saturated carbocycles. The molecule has 1 saturated heterocycles. The van der Waals surface area contributed by atoms with E-state index in [-0.39, 0.29) is 18.4 Å². The van der Waals surface area contributed by atoms with Crippen LogP contribution in [0.3, 0.4) is 0 Å². The highest BCUT2D eigenvalue weighted by atomic mass is 35.5. The van der Waals surface area contributed by atoms with Gasteiger partial charge in [-0.3, -0.25) is 14.5 Å². The number of rotatable bonds is 6. The maximum atomic E-state index is 13.0. The van der Waals surface area contributed by atoms with E-state index < -0.39 is 0 Å². The van der Waals surface area contributed by atoms with Gasteiger partial charge in [0.1, 0.15) is 5.75 Å². The van der Waals surface area contributed by atoms with Crippen molar-refractivity contribution >= 4 is 80.8 Å². The number of amides is 2. The molecule has 5 nitrogen and oxygen atoms in total. The summed E-state index contributed by atoms with van der Waals surface area (Å²) in [6.07, 6.45) is 1.71. The van der Waals surface area contributed by atoms with Gasteiger partial charge in [0, 0.05) is 21.3 Å². The van der Waals surface area contributed by atoms with Crippen LogP contribution in [-0.2, 0) is 9.59 Å². The van der Waals surface area contributed by atoms with Gasteiger partial charge in [-0.05, 0) is 61.0 Å². The van der Waals surface area contributed by atoms with Crippen LogP contribution in [0.1, 0.15) is 11.1 Å². The van der Waals surface area contributed by atoms with Crippen LogP contribution >= 0.6 is 47.2 Å². The van der Waals surface area contributed by atoms with E-state index in [9.17, 15) is 9.59 Å². The second-order valence-corrected chi connectivity index (χ2v) is 9.85. The van der Waals surface area contributed by atoms with Gasteiger partial charge in [0.15, 0.2) is 10.9 Å². The Kier molecular flexibility index (Phi) is 7.58. The van der Waals surface area contributed by atoms with Gasteiger partial charge in [-0.15, -0.1) is 0 Å². The molecule has 1 aliphatic heterocycles. The zero-order chi connectivity index (χ0) is 24.2. The Bertz CT molecular complexity index is 1310. The molecule has 172 valence electrons. The molecule has 0 radical (unpaired) electrons. The fourth-order valence-electron chi connectivity index (χ4n) is 3.16. The number of benzene rings is 3. The number of ether oxygens (including phenoxy) is 1. The van der Waals surface area contributed by atoms with Gasteiger partial charge in [0.25, 0.3) is 11.8 Å². The van der Waals surface area contributed by atoms with E-state index in [0.717, 1.165) is 5.56 Å². The Morgan fingerprint density at radius 1 is 1.12 bits per heavy atom. The summed E-state index contributed by atoms with van der Waals surface area (Å²) in [6, 6.07) is 19.4. The predicted octanol–water partition coefficient (Wildman–Crippen LogP) is 6.73. The van der Waals surface area contributed by atoms with Gasteiger partial charge in [-0.25, -0.2) is 0 Å². The molecular weight excluding hydrogens is 511 g/mol. The standard InChI is InChI=1S/C25H18Cl2N2O3S2/c1-15-6-9-18(13-20(15)27)28-23(30)14-32-21-5-3-2-4-16(21)12-22-24(31)29(25(33)34-22)19-10-7-17(26)8-11-19/h2-13H,14H2,1H3,(H,28,30)/b22-12-. The molecule has 0 aliphatic carbocycles. The average molecular weight is 529 g/mol. The lowest BCUT2D eigenvalue weighted by Crippen LogP contribution is -2.27. The van der Waals surface area contributed by atoms with Crippen molar-refractivity contribution in [2.24, 2.45) is 0 Å². The number of aryl methyl sites for hydroxylation is 1. The summed E-state index contributed by atoms with van der Waals surface area (Å²) in [5.74, 6) is -0.0961. The van der Waals surface area contributed by atoms with Crippen molar-refractivity contribution in [3.8, 4) is 5.75 Å². The molecule has 9 heteroatoms. The number of thioether (sulfide) groups is 1. The third-order valence-corrected chi connectivity index (χ3v) is 6.86. The molecule has 1 heterocycles. The van der Waals surface area contributed by atoms with Crippen molar-refractivity contribution in [3.63, 3.8) is 0 Å². The fourth-order valence-corrected chi connectivity index (χ4v) is 4.76. The zero-order valence-corrected chi connectivity index (χ0v) is 21.0. The second-order valence-electron chi connectivity index (χ2n) is 7.33. The van der Waals surface area contributed by atoms with Crippen LogP contribution in [0.5, 0.6) is 5.75 Å². The molecule has 0 unspecified atom stereocenters. The van der Waals surface area contributed by atoms with Crippen molar-refractivity contribution in [1.29, 1.82) is 0 Å². The Labute approximate surface area is 216 Å². The van der Waals surface area contributed by atoms with E-state index in [2.05, 4.69) is 5.32 Å². The summed E-state index contributed by atoms with van der Waals surface area (Å²) in [7, 11) is 0. The first-order valence-electron chi connectivity index (χ1n) is 10.1. The van der Waals surface area contributed by atoms with Crippen molar-refractivity contribution in [3.05, 3.63) is 92.8 Å². The SMILES string of the molecule is Cc1ccc(NC(=O)COc2ccccc2/C=C2\SC(=S)N(c3ccc(Cl)cc3)C2=O)cc1Cl. The number of nitrogens with zero attached hydrogens (tertiary/aromatic N) is 1. The van der Waals surface area contributed by atoms with Gasteiger partial charge in [-0.1, -0.05) is 71.4 Å². The minimum absolute atomic E-state index is 0.206. The van der Waals surface area contributed by atoms with Crippen molar-refractivity contribution in [2.45, 2.75) is 6.92 Å². The van der Waals surface area contributed by atoms with Crippen molar-refractivity contribution in [1.82, 2.24) is 0 Å². The number of carbonyl (C=O) groups excluding carboxylic acids is 2. The minimum atomic E-state index is -0.330. The first-order chi connectivity index (χ1) is 16.3. The first-order valence-corrected chi connectivity index (χ1v) is 12.1. The van der Waals surface area contributed by atoms with Crippen molar-refractivity contribution < 1.29 is 14.3 Å². The quantitative estimate of drug-likeness (QED) is 0.284. The van der Waals surface area contributed by atoms with Crippen LogP contribution in [0.2, 0.25) is 10.0 Å². The molecule has 3 aromatic carbocycles. The van der Waals surface area contributed by atoms with Gasteiger partial charge < -0.3 is 10.1 Å². The highest BCUT2D eigenvalue weighted by Crippen LogP contribution is 2.37. The number of hydrogen-bond acceptors (Lipinski definition) is 5. The first kappa shape index (κ1) is 24.3. The molecule has 0 bridgehead atoms. The number of thiocarbonyl (C=S) groups is 1.